The van der Waals surface area contributed by atoms with Crippen molar-refractivity contribution in [3.63, 3.8) is 0 Å². The molecule has 0 spiro atoms. The normalized spacial score (nSPS) is 14.3. The average molecular weight is 392 g/mol. The highest BCUT2D eigenvalue weighted by Crippen LogP contribution is 2.33. The molecule has 0 radical (unpaired) electrons. The lowest BCUT2D eigenvalue weighted by Gasteiger charge is -2.27. The standard InChI is InChI=1S/C23H29N5O/c1-3-26(4-2)23-22-21(24-17-25-23)19(18-11-7-5-8-12-18)15-28(22)16-20(29)27-13-9-6-10-14-27/h5,7-8,11-12,15,17H,3-4,6,9-10,13-14,16H2,1-2H3. The van der Waals surface area contributed by atoms with E-state index in [1.54, 1.807) is 6.33 Å². The van der Waals surface area contributed by atoms with Gasteiger partial charge in [0.15, 0.2) is 5.82 Å². The van der Waals surface area contributed by atoms with Crippen molar-refractivity contribution >= 4 is 22.8 Å². The van der Waals surface area contributed by atoms with Crippen LogP contribution in [-0.2, 0) is 11.3 Å². The number of benzene rings is 1. The Hall–Kier alpha value is -2.89. The highest BCUT2D eigenvalue weighted by atomic mass is 16.2. The van der Waals surface area contributed by atoms with Gasteiger partial charge in [-0.3, -0.25) is 4.79 Å². The third kappa shape index (κ3) is 3.84. The Morgan fingerprint density at radius 1 is 1.03 bits per heavy atom. The van der Waals surface area contributed by atoms with Gasteiger partial charge in [-0.25, -0.2) is 9.97 Å². The summed E-state index contributed by atoms with van der Waals surface area (Å²) in [6, 6.07) is 10.3. The number of aromatic nitrogens is 3. The molecule has 29 heavy (non-hydrogen) atoms. The number of anilines is 1. The lowest BCUT2D eigenvalue weighted by atomic mass is 10.1. The average Bonchev–Trinajstić information content (AvgIpc) is 3.15. The molecule has 1 saturated heterocycles. The second kappa shape index (κ2) is 8.64. The molecular formula is C23H29N5O. The van der Waals surface area contributed by atoms with Crippen LogP contribution in [0.3, 0.4) is 0 Å². The monoisotopic (exact) mass is 391 g/mol. The number of fused-ring (bicyclic) bond motifs is 1. The molecule has 1 aliphatic rings. The third-order valence-electron chi connectivity index (χ3n) is 5.79. The Labute approximate surface area is 172 Å². The van der Waals surface area contributed by atoms with E-state index in [4.69, 9.17) is 0 Å². The lowest BCUT2D eigenvalue weighted by Crippen LogP contribution is -2.37. The van der Waals surface area contributed by atoms with Crippen LogP contribution in [0.5, 0.6) is 0 Å². The molecule has 1 fully saturated rings. The van der Waals surface area contributed by atoms with E-state index in [0.29, 0.717) is 6.54 Å². The summed E-state index contributed by atoms with van der Waals surface area (Å²) in [5, 5.41) is 0. The summed E-state index contributed by atoms with van der Waals surface area (Å²) in [5.74, 6) is 1.07. The fraction of sp³-hybridized carbons (Fsp3) is 0.435. The van der Waals surface area contributed by atoms with E-state index in [0.717, 1.165) is 67.0 Å². The first-order valence-electron chi connectivity index (χ1n) is 10.6. The Bertz CT molecular complexity index is 972. The van der Waals surface area contributed by atoms with Gasteiger partial charge in [0.25, 0.3) is 0 Å². The van der Waals surface area contributed by atoms with Crippen LogP contribution in [0.25, 0.3) is 22.2 Å². The van der Waals surface area contributed by atoms with Crippen molar-refractivity contribution in [3.8, 4) is 11.1 Å². The molecule has 0 aliphatic carbocycles. The number of piperidine rings is 1. The minimum Gasteiger partial charge on any atom is -0.355 e. The van der Waals surface area contributed by atoms with E-state index in [1.807, 2.05) is 23.1 Å². The number of hydrogen-bond acceptors (Lipinski definition) is 4. The lowest BCUT2D eigenvalue weighted by molar-refractivity contribution is -0.132. The van der Waals surface area contributed by atoms with Crippen LogP contribution in [-0.4, -0.2) is 51.5 Å². The van der Waals surface area contributed by atoms with Gasteiger partial charge in [0.1, 0.15) is 23.9 Å². The van der Waals surface area contributed by atoms with Crippen molar-refractivity contribution in [2.45, 2.75) is 39.7 Å². The predicted molar refractivity (Wildman–Crippen MR) is 117 cm³/mol. The first-order chi connectivity index (χ1) is 14.2. The third-order valence-corrected chi connectivity index (χ3v) is 5.79. The summed E-state index contributed by atoms with van der Waals surface area (Å²) in [6.07, 6.45) is 7.12. The molecule has 3 aromatic rings. The fourth-order valence-electron chi connectivity index (χ4n) is 4.21. The van der Waals surface area contributed by atoms with Gasteiger partial charge in [0.2, 0.25) is 5.91 Å². The maximum absolute atomic E-state index is 13.0. The van der Waals surface area contributed by atoms with Crippen molar-refractivity contribution in [2.75, 3.05) is 31.1 Å². The van der Waals surface area contributed by atoms with Gasteiger partial charge in [0.05, 0.1) is 0 Å². The van der Waals surface area contributed by atoms with Crippen LogP contribution in [0.15, 0.2) is 42.9 Å². The van der Waals surface area contributed by atoms with Gasteiger partial charge in [-0.05, 0) is 38.7 Å². The van der Waals surface area contributed by atoms with Gasteiger partial charge in [-0.1, -0.05) is 30.3 Å². The zero-order valence-electron chi connectivity index (χ0n) is 17.3. The van der Waals surface area contributed by atoms with Gasteiger partial charge < -0.3 is 14.4 Å². The first kappa shape index (κ1) is 19.4. The van der Waals surface area contributed by atoms with E-state index in [1.165, 1.54) is 6.42 Å². The zero-order valence-corrected chi connectivity index (χ0v) is 17.3. The number of carbonyl (C=O) groups excluding carboxylic acids is 1. The number of rotatable bonds is 6. The van der Waals surface area contributed by atoms with Crippen LogP contribution >= 0.6 is 0 Å². The first-order valence-corrected chi connectivity index (χ1v) is 10.6. The van der Waals surface area contributed by atoms with Crippen LogP contribution in [0.1, 0.15) is 33.1 Å². The minimum absolute atomic E-state index is 0.176. The van der Waals surface area contributed by atoms with Crippen molar-refractivity contribution < 1.29 is 4.79 Å². The van der Waals surface area contributed by atoms with E-state index >= 15 is 0 Å². The number of amides is 1. The second-order valence-corrected chi connectivity index (χ2v) is 7.54. The predicted octanol–water partition coefficient (Wildman–Crippen LogP) is 3.96. The van der Waals surface area contributed by atoms with E-state index in [2.05, 4.69) is 51.6 Å². The summed E-state index contributed by atoms with van der Waals surface area (Å²) in [5.41, 5.74) is 3.99. The summed E-state index contributed by atoms with van der Waals surface area (Å²) < 4.78 is 2.06. The molecule has 0 unspecified atom stereocenters. The van der Waals surface area contributed by atoms with Gasteiger partial charge in [0, 0.05) is 37.9 Å². The van der Waals surface area contributed by atoms with Crippen LogP contribution < -0.4 is 4.90 Å². The van der Waals surface area contributed by atoms with E-state index in [9.17, 15) is 4.79 Å². The highest BCUT2D eigenvalue weighted by Gasteiger charge is 2.22. The van der Waals surface area contributed by atoms with Crippen LogP contribution in [0.4, 0.5) is 5.82 Å². The van der Waals surface area contributed by atoms with Gasteiger partial charge in [-0.2, -0.15) is 0 Å². The topological polar surface area (TPSA) is 54.3 Å². The molecule has 0 N–H and O–H groups in total. The highest BCUT2D eigenvalue weighted by molar-refractivity contribution is 5.99. The molecule has 6 nitrogen and oxygen atoms in total. The Morgan fingerprint density at radius 3 is 2.45 bits per heavy atom. The molecule has 152 valence electrons. The molecule has 2 aromatic heterocycles. The molecule has 4 rings (SSSR count). The SMILES string of the molecule is CCN(CC)c1ncnc2c(-c3ccccc3)cn(CC(=O)N3CCCCC3)c12. The van der Waals surface area contributed by atoms with Gasteiger partial charge in [-0.15, -0.1) is 0 Å². The number of nitrogens with zero attached hydrogens (tertiary/aromatic N) is 5. The van der Waals surface area contributed by atoms with Crippen molar-refractivity contribution in [1.29, 1.82) is 0 Å². The molecule has 6 heteroatoms. The van der Waals surface area contributed by atoms with Crippen molar-refractivity contribution in [1.82, 2.24) is 19.4 Å². The van der Waals surface area contributed by atoms with Crippen LogP contribution in [0.2, 0.25) is 0 Å². The van der Waals surface area contributed by atoms with E-state index in [-0.39, 0.29) is 5.91 Å². The molecule has 0 saturated carbocycles. The Balaban J connectivity index is 1.82. The van der Waals surface area contributed by atoms with Crippen molar-refractivity contribution in [2.24, 2.45) is 0 Å². The smallest absolute Gasteiger partial charge is 0.242 e. The molecular weight excluding hydrogens is 362 g/mol. The summed E-state index contributed by atoms with van der Waals surface area (Å²) in [6.45, 7) is 8.02. The van der Waals surface area contributed by atoms with Crippen molar-refractivity contribution in [3.05, 3.63) is 42.9 Å². The number of likely N-dealkylation sites (tertiary alicyclic amines) is 1. The zero-order chi connectivity index (χ0) is 20.2. The Morgan fingerprint density at radius 2 is 1.76 bits per heavy atom. The molecule has 3 heterocycles. The maximum atomic E-state index is 13.0. The quantitative estimate of drug-likeness (QED) is 0.638. The molecule has 1 amide bonds. The second-order valence-electron chi connectivity index (χ2n) is 7.54. The fourth-order valence-corrected chi connectivity index (χ4v) is 4.21. The number of hydrogen-bond donors (Lipinski definition) is 0. The number of carbonyl (C=O) groups is 1. The minimum atomic E-state index is 0.176. The Kier molecular flexibility index (Phi) is 5.79. The molecule has 1 aliphatic heterocycles. The van der Waals surface area contributed by atoms with Crippen LogP contribution in [0, 0.1) is 0 Å². The summed E-state index contributed by atoms with van der Waals surface area (Å²) in [7, 11) is 0. The molecule has 1 aromatic carbocycles. The summed E-state index contributed by atoms with van der Waals surface area (Å²) in [4.78, 5) is 26.5. The summed E-state index contributed by atoms with van der Waals surface area (Å²) >= 11 is 0. The maximum Gasteiger partial charge on any atom is 0.242 e. The van der Waals surface area contributed by atoms with E-state index < -0.39 is 0 Å². The molecule has 0 bridgehead atoms. The molecule has 0 atom stereocenters. The van der Waals surface area contributed by atoms with Gasteiger partial charge >= 0.3 is 0 Å². The largest absolute Gasteiger partial charge is 0.355 e.